The van der Waals surface area contributed by atoms with E-state index in [1.54, 1.807) is 0 Å². The van der Waals surface area contributed by atoms with Gasteiger partial charge in [0.25, 0.3) is 0 Å². The molecule has 0 aliphatic carbocycles. The molecule has 1 rings (SSSR count). The monoisotopic (exact) mass is 202 g/mol. The van der Waals surface area contributed by atoms with Gasteiger partial charge in [-0.25, -0.2) is 9.59 Å². The number of carbonyl (C=O) groups is 2. The van der Waals surface area contributed by atoms with E-state index in [1.807, 2.05) is 0 Å². The number of esters is 1. The van der Waals surface area contributed by atoms with Crippen molar-refractivity contribution in [3.05, 3.63) is 10.6 Å². The third-order valence-corrected chi connectivity index (χ3v) is 2.14. The summed E-state index contributed by atoms with van der Waals surface area (Å²) in [7, 11) is 1.18. The third-order valence-electron chi connectivity index (χ3n) is 1.30. The fourth-order valence-electron chi connectivity index (χ4n) is 0.691. The maximum Gasteiger partial charge on any atom is 0.357 e. The molecule has 0 unspecified atom stereocenters. The van der Waals surface area contributed by atoms with Gasteiger partial charge in [-0.15, -0.1) is 0 Å². The van der Waals surface area contributed by atoms with E-state index in [-0.39, 0.29) is 16.3 Å². The van der Waals surface area contributed by atoms with Crippen LogP contribution in [0.4, 0.5) is 5.69 Å². The first kappa shape index (κ1) is 9.46. The van der Waals surface area contributed by atoms with Crippen LogP contribution in [0.25, 0.3) is 0 Å². The van der Waals surface area contributed by atoms with Crippen LogP contribution in [0.1, 0.15) is 20.2 Å². The molecular weight excluding hydrogens is 196 g/mol. The lowest BCUT2D eigenvalue weighted by atomic mass is 10.3. The molecule has 13 heavy (non-hydrogen) atoms. The molecule has 0 fully saturated rings. The number of carbonyl (C=O) groups excluding carboxylic acids is 1. The first-order chi connectivity index (χ1) is 6.07. The van der Waals surface area contributed by atoms with E-state index < -0.39 is 11.9 Å². The van der Waals surface area contributed by atoms with Gasteiger partial charge in [0.05, 0.1) is 12.8 Å². The molecule has 0 saturated heterocycles. The van der Waals surface area contributed by atoms with Crippen LogP contribution in [0.3, 0.4) is 0 Å². The van der Waals surface area contributed by atoms with Crippen LogP contribution in [0.2, 0.25) is 0 Å². The predicted molar refractivity (Wildman–Crippen MR) is 44.8 cm³/mol. The number of carboxylic acid groups (broad SMARTS) is 1. The normalized spacial score (nSPS) is 9.62. The molecule has 0 radical (unpaired) electrons. The molecule has 0 spiro atoms. The van der Waals surface area contributed by atoms with E-state index in [4.69, 9.17) is 10.8 Å². The number of nitrogen functional groups attached to an aromatic ring is 1. The number of carboxylic acids is 1. The summed E-state index contributed by atoms with van der Waals surface area (Å²) in [4.78, 5) is 21.4. The number of ether oxygens (including phenoxy) is 1. The molecule has 0 aromatic carbocycles. The summed E-state index contributed by atoms with van der Waals surface area (Å²) in [5.41, 5.74) is 4.88. The van der Waals surface area contributed by atoms with Crippen molar-refractivity contribution in [3.8, 4) is 0 Å². The Balaban J connectivity index is 3.13. The van der Waals surface area contributed by atoms with Gasteiger partial charge in [0.2, 0.25) is 0 Å². The van der Waals surface area contributed by atoms with Crippen molar-refractivity contribution in [2.45, 2.75) is 0 Å². The molecule has 3 N–H and O–H groups in total. The van der Waals surface area contributed by atoms with Gasteiger partial charge < -0.3 is 15.6 Å². The summed E-state index contributed by atoms with van der Waals surface area (Å²) in [5.74, 6) is -1.94. The molecule has 0 saturated carbocycles. The lowest BCUT2D eigenvalue weighted by molar-refractivity contribution is 0.0607. The molecule has 1 aromatic heterocycles. The number of anilines is 1. The minimum absolute atomic E-state index is 0.0138. The highest BCUT2D eigenvalue weighted by molar-refractivity contribution is 7.08. The van der Waals surface area contributed by atoms with Crippen molar-refractivity contribution < 1.29 is 19.4 Å². The van der Waals surface area contributed by atoms with E-state index in [0.29, 0.717) is 11.5 Å². The van der Waals surface area contributed by atoms with E-state index in [1.165, 1.54) is 7.11 Å². The largest absolute Gasteiger partial charge is 0.476 e. The Bertz CT molecular complexity index is 360. The van der Waals surface area contributed by atoms with Crippen LogP contribution in [0.5, 0.6) is 0 Å². The average Bonchev–Trinajstić information content (AvgIpc) is 2.46. The van der Waals surface area contributed by atoms with Crippen LogP contribution < -0.4 is 5.73 Å². The number of nitrogens with zero attached hydrogens (tertiary/aromatic N) is 1. The molecule has 0 aliphatic heterocycles. The van der Waals surface area contributed by atoms with Crippen molar-refractivity contribution in [1.29, 1.82) is 0 Å². The fourth-order valence-corrected chi connectivity index (χ4v) is 1.40. The van der Waals surface area contributed by atoms with Crippen molar-refractivity contribution in [2.75, 3.05) is 12.8 Å². The number of aromatic nitrogens is 1. The smallest absolute Gasteiger partial charge is 0.357 e. The topological polar surface area (TPSA) is 103 Å². The Labute approximate surface area is 77.1 Å². The van der Waals surface area contributed by atoms with E-state index >= 15 is 0 Å². The molecule has 0 atom stereocenters. The second kappa shape index (κ2) is 3.40. The highest BCUT2D eigenvalue weighted by Crippen LogP contribution is 2.21. The Hall–Kier alpha value is -1.63. The standard InChI is InChI=1S/C6H6N2O4S/c1-12-6(11)4-2(7)3(5(9)10)8-13-4/h7H2,1H3,(H,9,10). The zero-order chi connectivity index (χ0) is 10.0. The highest BCUT2D eigenvalue weighted by atomic mass is 32.1. The van der Waals surface area contributed by atoms with Gasteiger partial charge >= 0.3 is 11.9 Å². The van der Waals surface area contributed by atoms with Crippen LogP contribution in [-0.4, -0.2) is 28.5 Å². The summed E-state index contributed by atoms with van der Waals surface area (Å²) in [6.07, 6.45) is 0. The zero-order valence-corrected chi connectivity index (χ0v) is 7.42. The molecule has 0 aliphatic rings. The highest BCUT2D eigenvalue weighted by Gasteiger charge is 2.21. The SMILES string of the molecule is COC(=O)c1snc(C(=O)O)c1N. The number of aromatic carboxylic acids is 1. The number of nitrogens with two attached hydrogens (primary N) is 1. The van der Waals surface area contributed by atoms with Crippen molar-refractivity contribution in [1.82, 2.24) is 4.37 Å². The van der Waals surface area contributed by atoms with Crippen molar-refractivity contribution in [2.24, 2.45) is 0 Å². The minimum Gasteiger partial charge on any atom is -0.476 e. The quantitative estimate of drug-likeness (QED) is 0.664. The molecule has 0 bridgehead atoms. The molecule has 6 nitrogen and oxygen atoms in total. The fraction of sp³-hybridized carbons (Fsp3) is 0.167. The van der Waals surface area contributed by atoms with E-state index in [9.17, 15) is 9.59 Å². The molecule has 7 heteroatoms. The number of hydrogen-bond donors (Lipinski definition) is 2. The van der Waals surface area contributed by atoms with Gasteiger partial charge in [0.15, 0.2) is 10.6 Å². The first-order valence-corrected chi connectivity index (χ1v) is 3.92. The van der Waals surface area contributed by atoms with Crippen molar-refractivity contribution >= 4 is 29.2 Å². The van der Waals surface area contributed by atoms with Gasteiger partial charge in [-0.2, -0.15) is 4.37 Å². The Kier molecular flexibility index (Phi) is 2.47. The summed E-state index contributed by atoms with van der Waals surface area (Å²) in [6, 6.07) is 0. The van der Waals surface area contributed by atoms with E-state index in [2.05, 4.69) is 9.11 Å². The average molecular weight is 202 g/mol. The summed E-state index contributed by atoms with van der Waals surface area (Å²) < 4.78 is 7.87. The lowest BCUT2D eigenvalue weighted by Gasteiger charge is -1.94. The summed E-state index contributed by atoms with van der Waals surface area (Å²) in [6.45, 7) is 0. The second-order valence-corrected chi connectivity index (χ2v) is 2.84. The Morgan fingerprint density at radius 2 is 2.23 bits per heavy atom. The number of hydrogen-bond acceptors (Lipinski definition) is 6. The zero-order valence-electron chi connectivity index (χ0n) is 6.60. The predicted octanol–water partition coefficient (Wildman–Crippen LogP) is 0.210. The van der Waals surface area contributed by atoms with Crippen LogP contribution in [0, 0.1) is 0 Å². The van der Waals surface area contributed by atoms with E-state index in [0.717, 1.165) is 0 Å². The first-order valence-electron chi connectivity index (χ1n) is 3.14. The molecular formula is C6H6N2O4S. The minimum atomic E-state index is -1.26. The number of rotatable bonds is 2. The van der Waals surface area contributed by atoms with Gasteiger partial charge in [0, 0.05) is 0 Å². The van der Waals surface area contributed by atoms with Gasteiger partial charge in [-0.3, -0.25) is 0 Å². The van der Waals surface area contributed by atoms with Gasteiger partial charge in [-0.1, -0.05) is 0 Å². The lowest BCUT2D eigenvalue weighted by Crippen LogP contribution is -2.05. The van der Waals surface area contributed by atoms with Crippen molar-refractivity contribution in [3.63, 3.8) is 0 Å². The maximum absolute atomic E-state index is 10.9. The van der Waals surface area contributed by atoms with Gasteiger partial charge in [0.1, 0.15) is 0 Å². The van der Waals surface area contributed by atoms with Crippen LogP contribution in [-0.2, 0) is 4.74 Å². The molecule has 1 heterocycles. The second-order valence-electron chi connectivity index (χ2n) is 2.07. The Morgan fingerprint density at radius 1 is 1.62 bits per heavy atom. The summed E-state index contributed by atoms with van der Waals surface area (Å²) >= 11 is 0.707. The molecule has 1 aromatic rings. The molecule has 0 amide bonds. The van der Waals surface area contributed by atoms with Crippen LogP contribution >= 0.6 is 11.5 Å². The van der Waals surface area contributed by atoms with Gasteiger partial charge in [-0.05, 0) is 11.5 Å². The Morgan fingerprint density at radius 3 is 2.62 bits per heavy atom. The molecule has 70 valence electrons. The van der Waals surface area contributed by atoms with Crippen LogP contribution in [0.15, 0.2) is 0 Å². The number of methoxy groups -OCH3 is 1. The third kappa shape index (κ3) is 1.59. The maximum atomic E-state index is 10.9. The summed E-state index contributed by atoms with van der Waals surface area (Å²) in [5, 5.41) is 8.55.